The fraction of sp³-hybridized carbons (Fsp3) is 0.483. The van der Waals surface area contributed by atoms with Crippen molar-refractivity contribution in [2.45, 2.75) is 69.6 Å². The molecule has 196 valence electrons. The van der Waals surface area contributed by atoms with E-state index in [1.165, 1.54) is 38.0 Å². The number of aryl methyl sites for hydroxylation is 1. The molecule has 4 atom stereocenters. The standard InChI is InChI=1S/C29H33FN2O5/c1-15-12-19(30)7-8-20(15)31-27(35)16(2)24(34)26-29-10-11-32(14-17-4-5-17)22(28(29,3)36)13-18-6-9-21(33)25(37-26)23(18)29/h6-9,12,17,22,26,33-34,36H,4-5,10-11,13-14H2,1-3H3,(H,31,35)/b24-16-/t22-,26+,28-,29+/m1/s1. The van der Waals surface area contributed by atoms with Crippen molar-refractivity contribution in [3.8, 4) is 11.5 Å². The van der Waals surface area contributed by atoms with Crippen molar-refractivity contribution in [2.75, 3.05) is 18.4 Å². The Kier molecular flexibility index (Phi) is 5.37. The van der Waals surface area contributed by atoms with Crippen LogP contribution in [0, 0.1) is 18.7 Å². The normalized spacial score (nSPS) is 30.8. The number of fused-ring (bicyclic) bond motifs is 1. The summed E-state index contributed by atoms with van der Waals surface area (Å²) >= 11 is 0. The SMILES string of the molecule is C/C(C(=O)Nc1ccc(F)cc1C)=C(/O)[C@@H]1Oc2c(O)ccc3c2[C@@]12CCN(CC1CC1)[C@H](C3)[C@@]2(C)O. The molecule has 1 amide bonds. The Morgan fingerprint density at radius 2 is 2.03 bits per heavy atom. The fourth-order valence-electron chi connectivity index (χ4n) is 6.87. The lowest BCUT2D eigenvalue weighted by Crippen LogP contribution is -2.73. The molecule has 37 heavy (non-hydrogen) atoms. The minimum atomic E-state index is -1.28. The maximum absolute atomic E-state index is 13.5. The Hall–Kier alpha value is -3.10. The molecule has 6 rings (SSSR count). The van der Waals surface area contributed by atoms with Crippen molar-refractivity contribution in [3.63, 3.8) is 0 Å². The van der Waals surface area contributed by atoms with Gasteiger partial charge in [-0.1, -0.05) is 6.07 Å². The van der Waals surface area contributed by atoms with Gasteiger partial charge in [0.05, 0.1) is 16.6 Å². The van der Waals surface area contributed by atoms with Crippen LogP contribution in [0.5, 0.6) is 11.5 Å². The fourth-order valence-corrected chi connectivity index (χ4v) is 6.87. The summed E-state index contributed by atoms with van der Waals surface area (Å²) in [5.41, 5.74) is 0.439. The first kappa shape index (κ1) is 24.2. The van der Waals surface area contributed by atoms with Crippen molar-refractivity contribution >= 4 is 11.6 Å². The van der Waals surface area contributed by atoms with Crippen LogP contribution in [0.15, 0.2) is 41.7 Å². The predicted octanol–water partition coefficient (Wildman–Crippen LogP) is 4.10. The van der Waals surface area contributed by atoms with E-state index in [-0.39, 0.29) is 28.9 Å². The molecule has 0 unspecified atom stereocenters. The second-order valence-electron chi connectivity index (χ2n) is 11.4. The number of benzene rings is 2. The Labute approximate surface area is 215 Å². The summed E-state index contributed by atoms with van der Waals surface area (Å²) in [5, 5.41) is 37.2. The number of aromatic hydroxyl groups is 1. The number of aliphatic hydroxyl groups excluding tert-OH is 1. The highest BCUT2D eigenvalue weighted by Gasteiger charge is 2.69. The van der Waals surface area contributed by atoms with E-state index < -0.39 is 28.8 Å². The van der Waals surface area contributed by atoms with Crippen LogP contribution in [0.25, 0.3) is 0 Å². The third kappa shape index (κ3) is 3.49. The van der Waals surface area contributed by atoms with Crippen LogP contribution in [0.2, 0.25) is 0 Å². The number of rotatable bonds is 5. The van der Waals surface area contributed by atoms with Crippen LogP contribution < -0.4 is 10.1 Å². The van der Waals surface area contributed by atoms with Crippen LogP contribution in [0.4, 0.5) is 10.1 Å². The second kappa shape index (κ2) is 8.20. The van der Waals surface area contributed by atoms with Crippen LogP contribution >= 0.6 is 0 Å². The highest BCUT2D eigenvalue weighted by atomic mass is 19.1. The van der Waals surface area contributed by atoms with Gasteiger partial charge in [0.1, 0.15) is 11.6 Å². The Morgan fingerprint density at radius 3 is 2.73 bits per heavy atom. The second-order valence-corrected chi connectivity index (χ2v) is 11.4. The lowest BCUT2D eigenvalue weighted by molar-refractivity contribution is -0.153. The first-order valence-corrected chi connectivity index (χ1v) is 13.0. The summed E-state index contributed by atoms with van der Waals surface area (Å²) in [5.74, 6) is -0.356. The lowest BCUT2D eigenvalue weighted by atomic mass is 9.53. The monoisotopic (exact) mass is 508 g/mol. The summed E-state index contributed by atoms with van der Waals surface area (Å²) in [7, 11) is 0. The topological polar surface area (TPSA) is 102 Å². The van der Waals surface area contributed by atoms with Gasteiger partial charge in [0.2, 0.25) is 0 Å². The van der Waals surface area contributed by atoms with Crippen LogP contribution in [0.3, 0.4) is 0 Å². The molecule has 0 radical (unpaired) electrons. The van der Waals surface area contributed by atoms with Crippen molar-refractivity contribution in [1.82, 2.24) is 4.90 Å². The predicted molar refractivity (Wildman–Crippen MR) is 136 cm³/mol. The number of carbonyl (C=O) groups is 1. The van der Waals surface area contributed by atoms with Gasteiger partial charge in [0, 0.05) is 23.8 Å². The van der Waals surface area contributed by atoms with E-state index in [0.717, 1.165) is 24.2 Å². The zero-order chi connectivity index (χ0) is 26.3. The molecule has 2 aliphatic carbocycles. The molecule has 4 N–H and O–H groups in total. The molecule has 8 heteroatoms. The maximum Gasteiger partial charge on any atom is 0.254 e. The minimum absolute atomic E-state index is 0.0373. The van der Waals surface area contributed by atoms with Gasteiger partial charge in [-0.15, -0.1) is 0 Å². The van der Waals surface area contributed by atoms with Gasteiger partial charge in [-0.3, -0.25) is 9.69 Å². The van der Waals surface area contributed by atoms with Crippen molar-refractivity contribution in [3.05, 3.63) is 64.2 Å². The van der Waals surface area contributed by atoms with Gasteiger partial charge < -0.3 is 25.4 Å². The largest absolute Gasteiger partial charge is 0.508 e. The summed E-state index contributed by atoms with van der Waals surface area (Å²) < 4.78 is 19.8. The number of nitrogens with zero attached hydrogens (tertiary/aromatic N) is 1. The zero-order valence-electron chi connectivity index (χ0n) is 21.3. The molecule has 1 spiro atoms. The third-order valence-corrected chi connectivity index (χ3v) is 9.15. The van der Waals surface area contributed by atoms with E-state index in [0.29, 0.717) is 30.0 Å². The molecule has 2 aliphatic heterocycles. The van der Waals surface area contributed by atoms with Crippen molar-refractivity contribution in [2.24, 2.45) is 5.92 Å². The van der Waals surface area contributed by atoms with Crippen LogP contribution in [-0.2, 0) is 16.6 Å². The maximum atomic E-state index is 13.5. The number of amides is 1. The molecule has 7 nitrogen and oxygen atoms in total. The number of ether oxygens (including phenoxy) is 1. The van der Waals surface area contributed by atoms with E-state index >= 15 is 0 Å². The summed E-state index contributed by atoms with van der Waals surface area (Å²) in [6, 6.07) is 7.36. The quantitative estimate of drug-likeness (QED) is 0.358. The number of hydrogen-bond donors (Lipinski definition) is 4. The van der Waals surface area contributed by atoms with E-state index in [1.54, 1.807) is 19.9 Å². The molecular weight excluding hydrogens is 475 g/mol. The van der Waals surface area contributed by atoms with E-state index in [9.17, 15) is 24.5 Å². The van der Waals surface area contributed by atoms with Gasteiger partial charge in [0.15, 0.2) is 17.6 Å². The highest BCUT2D eigenvalue weighted by molar-refractivity contribution is 6.04. The number of likely N-dealkylation sites (tertiary alicyclic amines) is 1. The summed E-state index contributed by atoms with van der Waals surface area (Å²) in [4.78, 5) is 15.5. The minimum Gasteiger partial charge on any atom is -0.508 e. The molecular formula is C29H33FN2O5. The molecule has 2 heterocycles. The molecule has 2 fully saturated rings. The van der Waals surface area contributed by atoms with Gasteiger partial charge in [-0.05, 0) is 94.3 Å². The highest BCUT2D eigenvalue weighted by Crippen LogP contribution is 2.63. The van der Waals surface area contributed by atoms with Gasteiger partial charge in [-0.25, -0.2) is 4.39 Å². The Balaban J connectivity index is 1.41. The van der Waals surface area contributed by atoms with E-state index in [2.05, 4.69) is 10.2 Å². The van der Waals surface area contributed by atoms with Crippen LogP contribution in [0.1, 0.15) is 49.8 Å². The number of phenols is 1. The van der Waals surface area contributed by atoms with Crippen LogP contribution in [-0.4, -0.2) is 57.0 Å². The number of piperidine rings is 1. The molecule has 2 bridgehead atoms. The molecule has 2 aromatic carbocycles. The molecule has 2 aromatic rings. The van der Waals surface area contributed by atoms with Gasteiger partial charge >= 0.3 is 0 Å². The Bertz CT molecular complexity index is 1330. The number of anilines is 1. The Morgan fingerprint density at radius 1 is 1.27 bits per heavy atom. The number of phenolic OH excluding ortho intramolecular Hbond substituents is 1. The van der Waals surface area contributed by atoms with Gasteiger partial charge in [0.25, 0.3) is 5.91 Å². The number of carbonyl (C=O) groups excluding carboxylic acids is 1. The smallest absolute Gasteiger partial charge is 0.254 e. The number of halogens is 1. The van der Waals surface area contributed by atoms with Gasteiger partial charge in [-0.2, -0.15) is 0 Å². The third-order valence-electron chi connectivity index (χ3n) is 9.15. The molecule has 0 aromatic heterocycles. The first-order chi connectivity index (χ1) is 17.5. The van der Waals surface area contributed by atoms with E-state index in [1.807, 2.05) is 6.07 Å². The first-order valence-electron chi connectivity index (χ1n) is 13.0. The van der Waals surface area contributed by atoms with E-state index in [4.69, 9.17) is 4.74 Å². The molecule has 4 aliphatic rings. The number of hydrogen-bond acceptors (Lipinski definition) is 6. The number of aliphatic hydroxyl groups is 2. The zero-order valence-corrected chi connectivity index (χ0v) is 21.3. The van der Waals surface area contributed by atoms with Crippen molar-refractivity contribution in [1.29, 1.82) is 0 Å². The lowest BCUT2D eigenvalue weighted by Gasteiger charge is -2.59. The summed E-state index contributed by atoms with van der Waals surface area (Å²) in [6.07, 6.45) is 2.50. The molecule has 1 saturated carbocycles. The average molecular weight is 509 g/mol. The molecule has 1 saturated heterocycles. The summed E-state index contributed by atoms with van der Waals surface area (Å²) in [6.45, 7) is 6.65. The van der Waals surface area contributed by atoms with Crippen molar-refractivity contribution < 1.29 is 29.2 Å². The number of nitrogens with one attached hydrogen (secondary N) is 1. The average Bonchev–Trinajstić information content (AvgIpc) is 3.59.